The van der Waals surface area contributed by atoms with E-state index in [-0.39, 0.29) is 11.1 Å². The van der Waals surface area contributed by atoms with E-state index in [4.69, 9.17) is 10.5 Å². The van der Waals surface area contributed by atoms with Gasteiger partial charge in [0.15, 0.2) is 0 Å². The average molecular weight is 319 g/mol. The van der Waals surface area contributed by atoms with Crippen molar-refractivity contribution in [3.63, 3.8) is 0 Å². The molecule has 8 heteroatoms. The fourth-order valence-electron chi connectivity index (χ4n) is 1.98. The van der Waals surface area contributed by atoms with E-state index in [0.717, 1.165) is 20.1 Å². The summed E-state index contributed by atoms with van der Waals surface area (Å²) in [5, 5.41) is 0. The van der Waals surface area contributed by atoms with Crippen LogP contribution in [-0.4, -0.2) is 25.2 Å². The van der Waals surface area contributed by atoms with E-state index >= 15 is 0 Å². The normalized spacial score (nSPS) is 11.5. The van der Waals surface area contributed by atoms with Crippen LogP contribution in [0.4, 0.5) is 18.9 Å². The van der Waals surface area contributed by atoms with Gasteiger partial charge in [0.2, 0.25) is 0 Å². The molecule has 0 spiro atoms. The number of methoxy groups -OCH3 is 1. The fraction of sp³-hybridized carbons (Fsp3) is 0.429. The Balaban J connectivity index is 3.68. The smallest absolute Gasteiger partial charge is 0.418 e. The largest absolute Gasteiger partial charge is 0.465 e. The second kappa shape index (κ2) is 6.25. The minimum absolute atomic E-state index is 0.286. The molecule has 0 aliphatic rings. The second-order valence-corrected chi connectivity index (χ2v) is 4.85. The number of carbonyl (C=O) groups is 2. The van der Waals surface area contributed by atoms with E-state index < -0.39 is 41.0 Å². The zero-order valence-electron chi connectivity index (χ0n) is 12.5. The maximum atomic E-state index is 13.1. The first kappa shape index (κ1) is 17.8. The quantitative estimate of drug-likeness (QED) is 0.684. The molecule has 0 aliphatic heterocycles. The number of rotatable bonds is 3. The number of ether oxygens (including phenoxy) is 2. The van der Waals surface area contributed by atoms with Crippen LogP contribution in [0.25, 0.3) is 0 Å². The summed E-state index contributed by atoms with van der Waals surface area (Å²) in [5.74, 6) is -2.09. The maximum Gasteiger partial charge on any atom is 0.418 e. The van der Waals surface area contributed by atoms with E-state index in [1.54, 1.807) is 0 Å². The van der Waals surface area contributed by atoms with Crippen LogP contribution in [0.2, 0.25) is 0 Å². The minimum atomic E-state index is -4.77. The number of carbonyl (C=O) groups excluding carboxylic acids is 2. The van der Waals surface area contributed by atoms with Crippen LogP contribution >= 0.6 is 0 Å². The van der Waals surface area contributed by atoms with Gasteiger partial charge in [-0.05, 0) is 32.4 Å². The molecule has 1 rings (SSSR count). The number of alkyl halides is 3. The molecule has 0 aromatic heterocycles. The summed E-state index contributed by atoms with van der Waals surface area (Å²) in [6.45, 7) is 4.18. The number of halogens is 3. The zero-order valence-corrected chi connectivity index (χ0v) is 12.5. The van der Waals surface area contributed by atoms with Crippen molar-refractivity contribution >= 4 is 17.6 Å². The molecule has 0 heterocycles. The fourth-order valence-corrected chi connectivity index (χ4v) is 1.98. The minimum Gasteiger partial charge on any atom is -0.465 e. The zero-order chi connectivity index (χ0) is 17.2. The van der Waals surface area contributed by atoms with Gasteiger partial charge in [-0.3, -0.25) is 0 Å². The lowest BCUT2D eigenvalue weighted by Gasteiger charge is -2.19. The molecule has 0 saturated heterocycles. The Morgan fingerprint density at radius 2 is 1.77 bits per heavy atom. The van der Waals surface area contributed by atoms with Gasteiger partial charge in [0.1, 0.15) is 0 Å². The van der Waals surface area contributed by atoms with Crippen molar-refractivity contribution in [2.24, 2.45) is 0 Å². The first-order chi connectivity index (χ1) is 10.0. The van der Waals surface area contributed by atoms with E-state index in [1.165, 1.54) is 13.8 Å². The van der Waals surface area contributed by atoms with Crippen LogP contribution in [0.5, 0.6) is 0 Å². The summed E-state index contributed by atoms with van der Waals surface area (Å²) in [7, 11) is 1.04. The Hall–Kier alpha value is -2.25. The van der Waals surface area contributed by atoms with Crippen LogP contribution in [-0.2, 0) is 15.7 Å². The van der Waals surface area contributed by atoms with Gasteiger partial charge in [0, 0.05) is 0 Å². The van der Waals surface area contributed by atoms with Crippen LogP contribution < -0.4 is 5.73 Å². The Morgan fingerprint density at radius 3 is 2.18 bits per heavy atom. The Morgan fingerprint density at radius 1 is 1.23 bits per heavy atom. The van der Waals surface area contributed by atoms with Crippen molar-refractivity contribution < 1.29 is 32.2 Å². The Kier molecular flexibility index (Phi) is 5.05. The molecule has 0 bridgehead atoms. The Bertz CT molecular complexity index is 609. The summed E-state index contributed by atoms with van der Waals surface area (Å²) < 4.78 is 48.6. The number of nitrogen functional groups attached to an aromatic ring is 1. The highest BCUT2D eigenvalue weighted by molar-refractivity contribution is 6.07. The van der Waals surface area contributed by atoms with Crippen molar-refractivity contribution in [3.05, 3.63) is 28.3 Å². The van der Waals surface area contributed by atoms with E-state index in [1.807, 2.05) is 0 Å². The molecule has 1 aromatic carbocycles. The molecule has 2 N–H and O–H groups in total. The van der Waals surface area contributed by atoms with Crippen LogP contribution in [0, 0.1) is 6.92 Å². The number of nitrogens with two attached hydrogens (primary N) is 1. The predicted molar refractivity (Wildman–Crippen MR) is 72.5 cm³/mol. The van der Waals surface area contributed by atoms with Gasteiger partial charge in [-0.15, -0.1) is 0 Å². The number of hydrogen-bond acceptors (Lipinski definition) is 5. The van der Waals surface area contributed by atoms with Gasteiger partial charge in [-0.25, -0.2) is 9.59 Å². The summed E-state index contributed by atoms with van der Waals surface area (Å²) >= 11 is 0. The van der Waals surface area contributed by atoms with Gasteiger partial charge in [-0.2, -0.15) is 13.2 Å². The van der Waals surface area contributed by atoms with Crippen LogP contribution in [0.1, 0.15) is 45.7 Å². The molecule has 0 atom stereocenters. The van der Waals surface area contributed by atoms with Crippen molar-refractivity contribution in [3.8, 4) is 0 Å². The van der Waals surface area contributed by atoms with E-state index in [0.29, 0.717) is 0 Å². The van der Waals surface area contributed by atoms with Crippen LogP contribution in [0.15, 0.2) is 6.07 Å². The van der Waals surface area contributed by atoms with E-state index in [9.17, 15) is 22.8 Å². The second-order valence-electron chi connectivity index (χ2n) is 4.85. The standard InChI is InChI=1S/C14H16F3NO4/c1-6(2)22-13(20)9-8(12(19)21-4)5-7(3)10(11(9)18)14(15,16)17/h5-6H,18H2,1-4H3. The molecule has 0 aliphatic carbocycles. The number of anilines is 1. The molecule has 0 amide bonds. The highest BCUT2D eigenvalue weighted by Crippen LogP contribution is 2.39. The van der Waals surface area contributed by atoms with Crippen molar-refractivity contribution in [1.82, 2.24) is 0 Å². The Labute approximate surface area is 125 Å². The van der Waals surface area contributed by atoms with Crippen molar-refractivity contribution in [2.45, 2.75) is 33.1 Å². The summed E-state index contributed by atoms with van der Waals surface area (Å²) in [5.41, 5.74) is 2.20. The molecule has 0 unspecified atom stereocenters. The lowest BCUT2D eigenvalue weighted by atomic mass is 9.95. The molecule has 122 valence electrons. The highest BCUT2D eigenvalue weighted by atomic mass is 19.4. The molecule has 5 nitrogen and oxygen atoms in total. The van der Waals surface area contributed by atoms with Crippen molar-refractivity contribution in [1.29, 1.82) is 0 Å². The lowest BCUT2D eigenvalue weighted by molar-refractivity contribution is -0.137. The SMILES string of the molecule is COC(=O)c1cc(C)c(C(F)(F)F)c(N)c1C(=O)OC(C)C. The average Bonchev–Trinajstić information content (AvgIpc) is 2.34. The molecular weight excluding hydrogens is 303 g/mol. The highest BCUT2D eigenvalue weighted by Gasteiger charge is 2.39. The number of benzene rings is 1. The summed E-state index contributed by atoms with van der Waals surface area (Å²) in [4.78, 5) is 23.8. The molecule has 0 radical (unpaired) electrons. The maximum absolute atomic E-state index is 13.1. The first-order valence-electron chi connectivity index (χ1n) is 6.30. The predicted octanol–water partition coefficient (Wildman–Crippen LogP) is 2.95. The molecule has 22 heavy (non-hydrogen) atoms. The molecule has 1 aromatic rings. The monoisotopic (exact) mass is 319 g/mol. The van der Waals surface area contributed by atoms with Crippen LogP contribution in [0.3, 0.4) is 0 Å². The van der Waals surface area contributed by atoms with E-state index in [2.05, 4.69) is 4.74 Å². The summed E-state index contributed by atoms with van der Waals surface area (Å²) in [6, 6.07) is 0.919. The third-order valence-corrected chi connectivity index (χ3v) is 2.80. The van der Waals surface area contributed by atoms with Gasteiger partial charge in [-0.1, -0.05) is 0 Å². The third-order valence-electron chi connectivity index (χ3n) is 2.80. The lowest BCUT2D eigenvalue weighted by Crippen LogP contribution is -2.22. The molecule has 0 saturated carbocycles. The van der Waals surface area contributed by atoms with Gasteiger partial charge in [0.05, 0.1) is 35.6 Å². The van der Waals surface area contributed by atoms with Gasteiger partial charge >= 0.3 is 18.1 Å². The van der Waals surface area contributed by atoms with Crippen molar-refractivity contribution in [2.75, 3.05) is 12.8 Å². The summed E-state index contributed by atoms with van der Waals surface area (Å²) in [6.07, 6.45) is -5.36. The molecular formula is C14H16F3NO4. The topological polar surface area (TPSA) is 78.6 Å². The first-order valence-corrected chi connectivity index (χ1v) is 6.30. The van der Waals surface area contributed by atoms with Gasteiger partial charge < -0.3 is 15.2 Å². The van der Waals surface area contributed by atoms with Gasteiger partial charge in [0.25, 0.3) is 0 Å². The third kappa shape index (κ3) is 3.49. The molecule has 0 fully saturated rings. The number of aryl methyl sites for hydroxylation is 1. The number of hydrogen-bond donors (Lipinski definition) is 1. The number of esters is 2.